The summed E-state index contributed by atoms with van der Waals surface area (Å²) in [6.45, 7) is 5.49. The van der Waals surface area contributed by atoms with Crippen molar-refractivity contribution in [3.05, 3.63) is 16.1 Å². The third-order valence-corrected chi connectivity index (χ3v) is 3.48. The van der Waals surface area contributed by atoms with E-state index >= 15 is 0 Å². The number of nitrogens with zero attached hydrogens (tertiary/aromatic N) is 1. The Labute approximate surface area is 77.0 Å². The molecule has 2 atom stereocenters. The van der Waals surface area contributed by atoms with Crippen molar-refractivity contribution < 1.29 is 0 Å². The topological polar surface area (TPSA) is 24.9 Å². The van der Waals surface area contributed by atoms with Crippen LogP contribution in [0.4, 0.5) is 0 Å². The van der Waals surface area contributed by atoms with E-state index in [1.54, 1.807) is 11.3 Å². The highest BCUT2D eigenvalue weighted by atomic mass is 32.1. The van der Waals surface area contributed by atoms with E-state index < -0.39 is 0 Å². The van der Waals surface area contributed by atoms with Gasteiger partial charge >= 0.3 is 0 Å². The maximum atomic E-state index is 4.50. The van der Waals surface area contributed by atoms with Gasteiger partial charge in [-0.05, 0) is 25.8 Å². The van der Waals surface area contributed by atoms with Crippen molar-refractivity contribution in [3.8, 4) is 0 Å². The largest absolute Gasteiger partial charge is 0.308 e. The summed E-state index contributed by atoms with van der Waals surface area (Å²) < 4.78 is 0. The van der Waals surface area contributed by atoms with E-state index in [9.17, 15) is 0 Å². The molecular formula is C9H14N2S. The van der Waals surface area contributed by atoms with Gasteiger partial charge in [0.15, 0.2) is 0 Å². The van der Waals surface area contributed by atoms with E-state index in [1.165, 1.54) is 11.4 Å². The summed E-state index contributed by atoms with van der Waals surface area (Å²) in [4.78, 5) is 4.50. The number of nitrogens with one attached hydrogen (secondary N) is 1. The molecule has 2 nitrogen and oxygen atoms in total. The lowest BCUT2D eigenvalue weighted by atomic mass is 10.0. The fraction of sp³-hybridized carbons (Fsp3) is 0.667. The fourth-order valence-corrected chi connectivity index (χ4v) is 2.68. The predicted molar refractivity (Wildman–Crippen MR) is 51.4 cm³/mol. The van der Waals surface area contributed by atoms with E-state index in [1.807, 2.05) is 0 Å². The zero-order valence-corrected chi connectivity index (χ0v) is 8.32. The molecule has 0 radical (unpaired) electrons. The van der Waals surface area contributed by atoms with Crippen LogP contribution >= 0.6 is 11.3 Å². The number of hydrogen-bond acceptors (Lipinski definition) is 3. The van der Waals surface area contributed by atoms with E-state index in [4.69, 9.17) is 0 Å². The Morgan fingerprint density at radius 2 is 2.50 bits per heavy atom. The Bertz CT molecular complexity index is 269. The summed E-state index contributed by atoms with van der Waals surface area (Å²) in [6, 6.07) is 0.517. The van der Waals surface area contributed by atoms with Gasteiger partial charge in [-0.15, -0.1) is 11.3 Å². The van der Waals surface area contributed by atoms with Crippen LogP contribution in [-0.4, -0.2) is 11.5 Å². The number of aromatic nitrogens is 1. The molecule has 0 spiro atoms. The average molecular weight is 182 g/mol. The quantitative estimate of drug-likeness (QED) is 0.719. The average Bonchev–Trinajstić information content (AvgIpc) is 2.58. The van der Waals surface area contributed by atoms with E-state index in [-0.39, 0.29) is 0 Å². The Kier molecular flexibility index (Phi) is 2.15. The maximum absolute atomic E-state index is 4.50. The van der Waals surface area contributed by atoms with Gasteiger partial charge in [0, 0.05) is 11.1 Å². The predicted octanol–water partition coefficient (Wildman–Crippen LogP) is 2.12. The standard InChI is InChI=1S/C9H14N2S/c1-6-3-4-10-8(6)9-11-7(2)5-12-9/h5-6,8,10H,3-4H2,1-2H3/t6-,8-/m0/s1. The van der Waals surface area contributed by atoms with Gasteiger partial charge in [0.1, 0.15) is 5.01 Å². The molecule has 12 heavy (non-hydrogen) atoms. The number of rotatable bonds is 1. The lowest BCUT2D eigenvalue weighted by Crippen LogP contribution is -2.16. The normalized spacial score (nSPS) is 29.5. The van der Waals surface area contributed by atoms with Gasteiger partial charge in [-0.2, -0.15) is 0 Å². The third kappa shape index (κ3) is 1.39. The zero-order valence-electron chi connectivity index (χ0n) is 7.50. The number of aryl methyl sites for hydroxylation is 1. The highest BCUT2D eigenvalue weighted by molar-refractivity contribution is 7.09. The molecule has 3 heteroatoms. The highest BCUT2D eigenvalue weighted by Gasteiger charge is 2.26. The van der Waals surface area contributed by atoms with Crippen LogP contribution in [0.15, 0.2) is 5.38 Å². The van der Waals surface area contributed by atoms with Gasteiger partial charge in [0.25, 0.3) is 0 Å². The van der Waals surface area contributed by atoms with Crippen LogP contribution in [-0.2, 0) is 0 Å². The van der Waals surface area contributed by atoms with Gasteiger partial charge in [-0.3, -0.25) is 0 Å². The second kappa shape index (κ2) is 3.15. The summed E-state index contributed by atoms with van der Waals surface area (Å²) in [7, 11) is 0. The number of thiazole rings is 1. The lowest BCUT2D eigenvalue weighted by molar-refractivity contribution is 0.501. The van der Waals surface area contributed by atoms with Crippen molar-refractivity contribution >= 4 is 11.3 Å². The van der Waals surface area contributed by atoms with Crippen LogP contribution < -0.4 is 5.32 Å². The van der Waals surface area contributed by atoms with Crippen molar-refractivity contribution in [1.29, 1.82) is 0 Å². The second-order valence-electron chi connectivity index (χ2n) is 3.52. The van der Waals surface area contributed by atoms with E-state index in [0.29, 0.717) is 6.04 Å². The minimum atomic E-state index is 0.517. The Balaban J connectivity index is 2.19. The molecule has 66 valence electrons. The summed E-state index contributed by atoms with van der Waals surface area (Å²) >= 11 is 1.78. The Morgan fingerprint density at radius 1 is 1.67 bits per heavy atom. The Hall–Kier alpha value is -0.410. The van der Waals surface area contributed by atoms with Gasteiger partial charge < -0.3 is 5.32 Å². The molecule has 0 aromatic carbocycles. The molecule has 0 saturated carbocycles. The van der Waals surface area contributed by atoms with E-state index in [0.717, 1.165) is 18.2 Å². The molecule has 2 rings (SSSR count). The first-order chi connectivity index (χ1) is 5.77. The second-order valence-corrected chi connectivity index (χ2v) is 4.41. The smallest absolute Gasteiger partial charge is 0.110 e. The van der Waals surface area contributed by atoms with E-state index in [2.05, 4.69) is 29.5 Å². The van der Waals surface area contributed by atoms with Crippen molar-refractivity contribution in [3.63, 3.8) is 0 Å². The molecule has 1 fully saturated rings. The maximum Gasteiger partial charge on any atom is 0.110 e. The van der Waals surface area contributed by atoms with Gasteiger partial charge in [-0.25, -0.2) is 4.98 Å². The van der Waals surface area contributed by atoms with Crippen molar-refractivity contribution in [2.45, 2.75) is 26.3 Å². The first-order valence-electron chi connectivity index (χ1n) is 4.43. The number of hydrogen-bond donors (Lipinski definition) is 1. The first kappa shape index (κ1) is 8.20. The molecule has 1 aromatic rings. The Morgan fingerprint density at radius 3 is 3.00 bits per heavy atom. The molecule has 0 aliphatic carbocycles. The molecule has 1 aliphatic rings. The molecule has 0 amide bonds. The third-order valence-electron chi connectivity index (χ3n) is 2.44. The van der Waals surface area contributed by atoms with Crippen LogP contribution in [0.3, 0.4) is 0 Å². The molecule has 2 heterocycles. The van der Waals surface area contributed by atoms with Crippen LogP contribution in [0.1, 0.15) is 30.1 Å². The molecule has 1 aromatic heterocycles. The van der Waals surface area contributed by atoms with Gasteiger partial charge in [0.2, 0.25) is 0 Å². The summed E-state index contributed by atoms with van der Waals surface area (Å²) in [5.41, 5.74) is 1.15. The molecule has 1 saturated heterocycles. The zero-order chi connectivity index (χ0) is 8.55. The minimum absolute atomic E-state index is 0.517. The van der Waals surface area contributed by atoms with Crippen LogP contribution in [0.2, 0.25) is 0 Å². The summed E-state index contributed by atoms with van der Waals surface area (Å²) in [5.74, 6) is 0.746. The molecule has 0 unspecified atom stereocenters. The van der Waals surface area contributed by atoms with Crippen LogP contribution in [0.25, 0.3) is 0 Å². The monoisotopic (exact) mass is 182 g/mol. The molecule has 0 bridgehead atoms. The van der Waals surface area contributed by atoms with Crippen molar-refractivity contribution in [2.24, 2.45) is 5.92 Å². The van der Waals surface area contributed by atoms with Gasteiger partial charge in [-0.1, -0.05) is 6.92 Å². The molecule has 1 N–H and O–H groups in total. The molecule has 1 aliphatic heterocycles. The summed E-state index contributed by atoms with van der Waals surface area (Å²) in [5, 5.41) is 6.87. The van der Waals surface area contributed by atoms with Crippen molar-refractivity contribution in [2.75, 3.05) is 6.54 Å². The lowest BCUT2D eigenvalue weighted by Gasteiger charge is -2.11. The van der Waals surface area contributed by atoms with Crippen molar-refractivity contribution in [1.82, 2.24) is 10.3 Å². The van der Waals surface area contributed by atoms with Gasteiger partial charge in [0.05, 0.1) is 6.04 Å². The summed E-state index contributed by atoms with van der Waals surface area (Å²) in [6.07, 6.45) is 1.28. The fourth-order valence-electron chi connectivity index (χ4n) is 1.68. The molecular weight excluding hydrogens is 168 g/mol. The first-order valence-corrected chi connectivity index (χ1v) is 5.31. The van der Waals surface area contributed by atoms with Crippen LogP contribution in [0, 0.1) is 12.8 Å². The SMILES string of the molecule is Cc1csc([C@H]2NCC[C@@H]2C)n1. The minimum Gasteiger partial charge on any atom is -0.308 e. The van der Waals surface area contributed by atoms with Crippen LogP contribution in [0.5, 0.6) is 0 Å². The highest BCUT2D eigenvalue weighted by Crippen LogP contribution is 2.30.